The third-order valence-corrected chi connectivity index (χ3v) is 3.14. The lowest BCUT2D eigenvalue weighted by atomic mass is 9.86. The van der Waals surface area contributed by atoms with Crippen LogP contribution in [0.2, 0.25) is 0 Å². The number of hydrogen-bond donors (Lipinski definition) is 0. The van der Waals surface area contributed by atoms with Crippen LogP contribution in [0.15, 0.2) is 0 Å². The Bertz CT molecular complexity index is 197. The molecule has 12 heavy (non-hydrogen) atoms. The summed E-state index contributed by atoms with van der Waals surface area (Å²) in [7, 11) is 2.10. The van der Waals surface area contributed by atoms with Crippen LogP contribution in [0, 0.1) is 0 Å². The zero-order valence-corrected chi connectivity index (χ0v) is 7.51. The molecular weight excluding hydrogens is 154 g/mol. The van der Waals surface area contributed by atoms with Gasteiger partial charge < -0.3 is 4.74 Å². The molecule has 2 aliphatic rings. The van der Waals surface area contributed by atoms with Crippen LogP contribution < -0.4 is 0 Å². The van der Waals surface area contributed by atoms with Gasteiger partial charge in [-0.1, -0.05) is 0 Å². The fourth-order valence-corrected chi connectivity index (χ4v) is 2.16. The largest absolute Gasteiger partial charge is 0.379 e. The van der Waals surface area contributed by atoms with E-state index >= 15 is 0 Å². The fraction of sp³-hybridized carbons (Fsp3) is 0.889. The number of rotatable bonds is 0. The Balaban J connectivity index is 2.14. The Labute approximate surface area is 72.7 Å². The van der Waals surface area contributed by atoms with Crippen molar-refractivity contribution in [1.29, 1.82) is 0 Å². The molecule has 68 valence electrons. The summed E-state index contributed by atoms with van der Waals surface area (Å²) < 4.78 is 5.36. The molecule has 0 amide bonds. The van der Waals surface area contributed by atoms with E-state index in [2.05, 4.69) is 11.9 Å². The van der Waals surface area contributed by atoms with E-state index < -0.39 is 0 Å². The Morgan fingerprint density at radius 3 is 3.08 bits per heavy atom. The van der Waals surface area contributed by atoms with Crippen LogP contribution in [0.5, 0.6) is 0 Å². The van der Waals surface area contributed by atoms with Crippen molar-refractivity contribution >= 4 is 5.78 Å². The maximum absolute atomic E-state index is 11.3. The second-order valence-corrected chi connectivity index (χ2v) is 3.91. The van der Waals surface area contributed by atoms with Gasteiger partial charge in [-0.2, -0.15) is 0 Å². The predicted molar refractivity (Wildman–Crippen MR) is 45.0 cm³/mol. The summed E-state index contributed by atoms with van der Waals surface area (Å²) in [5.41, 5.74) is 0.0648. The van der Waals surface area contributed by atoms with E-state index in [4.69, 9.17) is 4.74 Å². The molecule has 2 heterocycles. The monoisotopic (exact) mass is 169 g/mol. The van der Waals surface area contributed by atoms with Crippen molar-refractivity contribution in [1.82, 2.24) is 4.90 Å². The summed E-state index contributed by atoms with van der Waals surface area (Å²) in [5, 5.41) is 0. The summed E-state index contributed by atoms with van der Waals surface area (Å²) in [5.74, 6) is 0.401. The number of Topliss-reactive ketones (excluding diaryl/α,β-unsaturated/α-hetero) is 1. The van der Waals surface area contributed by atoms with Crippen molar-refractivity contribution in [3.8, 4) is 0 Å². The highest BCUT2D eigenvalue weighted by Crippen LogP contribution is 2.32. The molecule has 0 aromatic heterocycles. The highest BCUT2D eigenvalue weighted by atomic mass is 16.5. The highest BCUT2D eigenvalue weighted by molar-refractivity contribution is 5.80. The molecule has 3 nitrogen and oxygen atoms in total. The van der Waals surface area contributed by atoms with Crippen molar-refractivity contribution in [2.24, 2.45) is 0 Å². The number of likely N-dealkylation sites (N-methyl/N-ethyl adjacent to an activating group) is 1. The van der Waals surface area contributed by atoms with Crippen LogP contribution in [-0.4, -0.2) is 43.0 Å². The summed E-state index contributed by atoms with van der Waals surface area (Å²) in [6.45, 7) is 2.47. The Morgan fingerprint density at radius 1 is 1.58 bits per heavy atom. The minimum absolute atomic E-state index is 0.0648. The lowest BCUT2D eigenvalue weighted by Gasteiger charge is -2.40. The lowest BCUT2D eigenvalue weighted by molar-refractivity contribution is -0.126. The third kappa shape index (κ3) is 1.17. The molecular formula is C9H15NO2. The molecule has 2 saturated heterocycles. The minimum atomic E-state index is 0.0648. The minimum Gasteiger partial charge on any atom is -0.379 e. The Morgan fingerprint density at radius 2 is 2.42 bits per heavy atom. The molecule has 3 heteroatoms. The molecule has 2 rings (SSSR count). The predicted octanol–water partition coefficient (Wildman–Crippen LogP) is 0.440. The van der Waals surface area contributed by atoms with E-state index in [9.17, 15) is 4.79 Å². The molecule has 0 bridgehead atoms. The maximum Gasteiger partial charge on any atom is 0.136 e. The van der Waals surface area contributed by atoms with Gasteiger partial charge in [0.05, 0.1) is 12.1 Å². The van der Waals surface area contributed by atoms with Crippen LogP contribution in [0.25, 0.3) is 0 Å². The SMILES string of the molecule is CN1CCC(=O)C[C@@]12CCOC2. The number of carbonyl (C=O) groups is 1. The molecule has 1 spiro atoms. The zero-order chi connectivity index (χ0) is 8.60. The molecule has 0 aliphatic carbocycles. The van der Waals surface area contributed by atoms with Crippen molar-refractivity contribution in [3.05, 3.63) is 0 Å². The van der Waals surface area contributed by atoms with Crippen LogP contribution in [0.4, 0.5) is 0 Å². The van der Waals surface area contributed by atoms with Crippen LogP contribution in [-0.2, 0) is 9.53 Å². The fourth-order valence-electron chi connectivity index (χ4n) is 2.16. The first-order chi connectivity index (χ1) is 5.73. The number of piperidine rings is 1. The third-order valence-electron chi connectivity index (χ3n) is 3.14. The average molecular weight is 169 g/mol. The average Bonchev–Trinajstić information content (AvgIpc) is 2.48. The smallest absolute Gasteiger partial charge is 0.136 e. The summed E-state index contributed by atoms with van der Waals surface area (Å²) >= 11 is 0. The standard InChI is InChI=1S/C9H15NO2/c1-10-4-2-8(11)6-9(10)3-5-12-7-9/h2-7H2,1H3/t9-/m1/s1. The molecule has 0 aromatic carbocycles. The Hall–Kier alpha value is -0.410. The van der Waals surface area contributed by atoms with Gasteiger partial charge in [0.25, 0.3) is 0 Å². The van der Waals surface area contributed by atoms with E-state index in [1.165, 1.54) is 0 Å². The molecule has 0 aromatic rings. The van der Waals surface area contributed by atoms with Gasteiger partial charge in [0.15, 0.2) is 0 Å². The van der Waals surface area contributed by atoms with Gasteiger partial charge in [0, 0.05) is 26.0 Å². The van der Waals surface area contributed by atoms with Gasteiger partial charge in [-0.3, -0.25) is 9.69 Å². The highest BCUT2D eigenvalue weighted by Gasteiger charge is 2.42. The first-order valence-electron chi connectivity index (χ1n) is 4.54. The normalized spacial score (nSPS) is 37.9. The van der Waals surface area contributed by atoms with E-state index in [0.29, 0.717) is 12.2 Å². The van der Waals surface area contributed by atoms with Gasteiger partial charge in [-0.05, 0) is 13.5 Å². The van der Waals surface area contributed by atoms with Crippen molar-refractivity contribution in [2.45, 2.75) is 24.8 Å². The number of hydrogen-bond acceptors (Lipinski definition) is 3. The first kappa shape index (κ1) is 8.20. The molecule has 2 aliphatic heterocycles. The van der Waals surface area contributed by atoms with E-state index in [1.807, 2.05) is 0 Å². The molecule has 1 atom stereocenters. The molecule has 0 saturated carbocycles. The van der Waals surface area contributed by atoms with Gasteiger partial charge in [-0.15, -0.1) is 0 Å². The van der Waals surface area contributed by atoms with E-state index in [0.717, 1.165) is 32.6 Å². The molecule has 0 radical (unpaired) electrons. The van der Waals surface area contributed by atoms with Gasteiger partial charge in [-0.25, -0.2) is 0 Å². The van der Waals surface area contributed by atoms with Crippen LogP contribution in [0.1, 0.15) is 19.3 Å². The number of likely N-dealkylation sites (tertiary alicyclic amines) is 1. The summed E-state index contributed by atoms with van der Waals surface area (Å²) in [6.07, 6.45) is 2.44. The van der Waals surface area contributed by atoms with Crippen molar-refractivity contribution in [2.75, 3.05) is 26.8 Å². The first-order valence-corrected chi connectivity index (χ1v) is 4.54. The number of ketones is 1. The molecule has 2 fully saturated rings. The van der Waals surface area contributed by atoms with Gasteiger partial charge >= 0.3 is 0 Å². The van der Waals surface area contributed by atoms with E-state index in [-0.39, 0.29) is 5.54 Å². The second-order valence-electron chi connectivity index (χ2n) is 3.91. The molecule has 0 unspecified atom stereocenters. The number of ether oxygens (including phenoxy) is 1. The topological polar surface area (TPSA) is 29.5 Å². The number of nitrogens with zero attached hydrogens (tertiary/aromatic N) is 1. The lowest BCUT2D eigenvalue weighted by Crippen LogP contribution is -2.52. The van der Waals surface area contributed by atoms with Crippen molar-refractivity contribution in [3.63, 3.8) is 0 Å². The maximum atomic E-state index is 11.3. The van der Waals surface area contributed by atoms with Crippen LogP contribution >= 0.6 is 0 Å². The summed E-state index contributed by atoms with van der Waals surface area (Å²) in [4.78, 5) is 13.6. The second kappa shape index (κ2) is 2.82. The number of carbonyl (C=O) groups excluding carboxylic acids is 1. The van der Waals surface area contributed by atoms with Gasteiger partial charge in [0.2, 0.25) is 0 Å². The van der Waals surface area contributed by atoms with E-state index in [1.54, 1.807) is 0 Å². The van der Waals surface area contributed by atoms with Crippen molar-refractivity contribution < 1.29 is 9.53 Å². The Kier molecular flexibility index (Phi) is 1.93. The zero-order valence-electron chi connectivity index (χ0n) is 7.51. The quantitative estimate of drug-likeness (QED) is 0.527. The van der Waals surface area contributed by atoms with Gasteiger partial charge in [0.1, 0.15) is 5.78 Å². The van der Waals surface area contributed by atoms with Crippen LogP contribution in [0.3, 0.4) is 0 Å². The molecule has 0 N–H and O–H groups in total. The summed E-state index contributed by atoms with van der Waals surface area (Å²) in [6, 6.07) is 0.